The minimum absolute atomic E-state index is 0.317. The van der Waals surface area contributed by atoms with Crippen LogP contribution in [0.25, 0.3) is 11.3 Å². The van der Waals surface area contributed by atoms with Crippen molar-refractivity contribution in [3.05, 3.63) is 69.7 Å². The second-order valence-electron chi connectivity index (χ2n) is 7.87. The van der Waals surface area contributed by atoms with Gasteiger partial charge in [0.25, 0.3) is 0 Å². The van der Waals surface area contributed by atoms with Crippen molar-refractivity contribution in [2.24, 2.45) is 0 Å². The molecule has 2 aromatic carbocycles. The maximum Gasteiger partial charge on any atom is 0.243 e. The van der Waals surface area contributed by atoms with Crippen molar-refractivity contribution in [3.8, 4) is 11.3 Å². The van der Waals surface area contributed by atoms with Crippen molar-refractivity contribution < 1.29 is 8.42 Å². The lowest BCUT2D eigenvalue weighted by Crippen LogP contribution is -2.48. The molecular formula is C23H25BrN4O2S. The number of anilines is 1. The fourth-order valence-corrected chi connectivity index (χ4v) is 5.47. The van der Waals surface area contributed by atoms with Crippen LogP contribution < -0.4 is 4.90 Å². The number of sulfonamides is 1. The molecule has 0 radical (unpaired) electrons. The molecule has 0 amide bonds. The average molecular weight is 501 g/mol. The van der Waals surface area contributed by atoms with Crippen LogP contribution in [-0.4, -0.2) is 49.1 Å². The van der Waals surface area contributed by atoms with Crippen LogP contribution in [0.1, 0.15) is 16.7 Å². The van der Waals surface area contributed by atoms with E-state index in [9.17, 15) is 8.42 Å². The number of halogens is 1. The molecule has 0 N–H and O–H groups in total. The number of benzene rings is 2. The van der Waals surface area contributed by atoms with Gasteiger partial charge in [0, 0.05) is 36.2 Å². The lowest BCUT2D eigenvalue weighted by molar-refractivity contribution is 0.383. The Kier molecular flexibility index (Phi) is 6.14. The first-order chi connectivity index (χ1) is 14.8. The molecule has 8 heteroatoms. The monoisotopic (exact) mass is 500 g/mol. The Morgan fingerprint density at radius 2 is 1.45 bits per heavy atom. The quantitative estimate of drug-likeness (QED) is 0.532. The number of rotatable bonds is 4. The summed E-state index contributed by atoms with van der Waals surface area (Å²) in [6.07, 6.45) is 0. The van der Waals surface area contributed by atoms with Crippen molar-refractivity contribution in [3.63, 3.8) is 0 Å². The van der Waals surface area contributed by atoms with Crippen molar-refractivity contribution in [1.82, 2.24) is 14.5 Å². The fourth-order valence-electron chi connectivity index (χ4n) is 3.79. The van der Waals surface area contributed by atoms with E-state index in [0.29, 0.717) is 31.1 Å². The van der Waals surface area contributed by atoms with Gasteiger partial charge >= 0.3 is 0 Å². The average Bonchev–Trinajstić information content (AvgIpc) is 2.77. The van der Waals surface area contributed by atoms with Crippen LogP contribution in [0.2, 0.25) is 0 Å². The Bertz CT molecular complexity index is 1190. The molecule has 4 rings (SSSR count). The highest BCUT2D eigenvalue weighted by atomic mass is 79.9. The van der Waals surface area contributed by atoms with Gasteiger partial charge in [-0.05, 0) is 79.9 Å². The highest BCUT2D eigenvalue weighted by molar-refractivity contribution is 9.10. The Hall–Kier alpha value is -2.29. The molecule has 162 valence electrons. The van der Waals surface area contributed by atoms with Gasteiger partial charge in [-0.25, -0.2) is 8.42 Å². The highest BCUT2D eigenvalue weighted by Crippen LogP contribution is 2.26. The Labute approximate surface area is 192 Å². The molecule has 1 fully saturated rings. The third kappa shape index (κ3) is 4.51. The third-order valence-electron chi connectivity index (χ3n) is 5.78. The maximum atomic E-state index is 12.9. The van der Waals surface area contributed by atoms with Gasteiger partial charge in [0.05, 0.1) is 10.6 Å². The fraction of sp³-hybridized carbons (Fsp3) is 0.304. The van der Waals surface area contributed by atoms with E-state index in [4.69, 9.17) is 0 Å². The molecule has 1 aliphatic heterocycles. The first-order valence-corrected chi connectivity index (χ1v) is 12.4. The maximum absolute atomic E-state index is 12.9. The lowest BCUT2D eigenvalue weighted by atomic mass is 9.99. The molecule has 3 aromatic rings. The van der Waals surface area contributed by atoms with E-state index in [1.165, 1.54) is 21.0 Å². The topological polar surface area (TPSA) is 66.4 Å². The smallest absolute Gasteiger partial charge is 0.243 e. The first-order valence-electron chi connectivity index (χ1n) is 10.2. The van der Waals surface area contributed by atoms with E-state index in [1.807, 2.05) is 12.1 Å². The lowest BCUT2D eigenvalue weighted by Gasteiger charge is -2.34. The van der Waals surface area contributed by atoms with Gasteiger partial charge in [0.15, 0.2) is 5.82 Å². The van der Waals surface area contributed by atoms with E-state index in [-0.39, 0.29) is 0 Å². The molecule has 0 spiro atoms. The van der Waals surface area contributed by atoms with E-state index in [0.717, 1.165) is 21.5 Å². The number of nitrogens with zero attached hydrogens (tertiary/aromatic N) is 4. The number of aromatic nitrogens is 2. The van der Waals surface area contributed by atoms with E-state index < -0.39 is 10.0 Å². The molecule has 0 atom stereocenters. The number of aryl methyl sites for hydroxylation is 3. The van der Waals surface area contributed by atoms with Gasteiger partial charge in [-0.1, -0.05) is 22.0 Å². The predicted molar refractivity (Wildman–Crippen MR) is 127 cm³/mol. The van der Waals surface area contributed by atoms with Gasteiger partial charge in [0.1, 0.15) is 0 Å². The van der Waals surface area contributed by atoms with Crippen LogP contribution in [0, 0.1) is 20.8 Å². The van der Waals surface area contributed by atoms with Crippen LogP contribution in [-0.2, 0) is 10.0 Å². The highest BCUT2D eigenvalue weighted by Gasteiger charge is 2.29. The van der Waals surface area contributed by atoms with E-state index in [1.54, 1.807) is 24.3 Å². The summed E-state index contributed by atoms with van der Waals surface area (Å²) < 4.78 is 28.2. The summed E-state index contributed by atoms with van der Waals surface area (Å²) >= 11 is 3.34. The van der Waals surface area contributed by atoms with Gasteiger partial charge in [-0.2, -0.15) is 4.31 Å². The molecule has 1 aliphatic rings. The SMILES string of the molecule is Cc1cc(C)c(-c2ccc(N3CCN(S(=O)(=O)c4ccc(Br)cc4)CC3)nn2)cc1C. The van der Waals surface area contributed by atoms with Crippen LogP contribution >= 0.6 is 15.9 Å². The minimum Gasteiger partial charge on any atom is -0.352 e. The number of piperazine rings is 1. The van der Waals surface area contributed by atoms with Gasteiger partial charge in [-0.3, -0.25) is 0 Å². The molecule has 31 heavy (non-hydrogen) atoms. The summed E-state index contributed by atoms with van der Waals surface area (Å²) in [5, 5.41) is 8.88. The van der Waals surface area contributed by atoms with Crippen LogP contribution in [0.3, 0.4) is 0 Å². The van der Waals surface area contributed by atoms with Crippen LogP contribution in [0.15, 0.2) is 57.9 Å². The Morgan fingerprint density at radius 3 is 2.06 bits per heavy atom. The van der Waals surface area contributed by atoms with Gasteiger partial charge in [-0.15, -0.1) is 10.2 Å². The first kappa shape index (κ1) is 21.9. The second kappa shape index (κ2) is 8.68. The zero-order valence-electron chi connectivity index (χ0n) is 17.8. The molecule has 0 saturated carbocycles. The molecule has 6 nitrogen and oxygen atoms in total. The molecule has 0 bridgehead atoms. The summed E-state index contributed by atoms with van der Waals surface area (Å²) in [5.74, 6) is 0.769. The summed E-state index contributed by atoms with van der Waals surface area (Å²) in [4.78, 5) is 2.40. The second-order valence-corrected chi connectivity index (χ2v) is 10.7. The molecule has 1 saturated heterocycles. The summed E-state index contributed by atoms with van der Waals surface area (Å²) in [7, 11) is -3.49. The van der Waals surface area contributed by atoms with Crippen molar-refractivity contribution in [2.75, 3.05) is 31.1 Å². The molecule has 0 unspecified atom stereocenters. The number of hydrogen-bond donors (Lipinski definition) is 0. The molecule has 0 aliphatic carbocycles. The summed E-state index contributed by atoms with van der Waals surface area (Å²) in [6.45, 7) is 8.27. The summed E-state index contributed by atoms with van der Waals surface area (Å²) in [5.41, 5.74) is 5.61. The zero-order chi connectivity index (χ0) is 22.2. The summed E-state index contributed by atoms with van der Waals surface area (Å²) in [6, 6.07) is 15.0. The van der Waals surface area contributed by atoms with Crippen molar-refractivity contribution >= 4 is 31.8 Å². The van der Waals surface area contributed by atoms with Gasteiger partial charge in [0.2, 0.25) is 10.0 Å². The zero-order valence-corrected chi connectivity index (χ0v) is 20.2. The normalized spacial score (nSPS) is 15.3. The molecular weight excluding hydrogens is 476 g/mol. The molecule has 2 heterocycles. The standard InChI is InChI=1S/C23H25BrN4O2S/c1-16-14-18(3)21(15-17(16)2)22-8-9-23(26-25-22)27-10-12-28(13-11-27)31(29,30)20-6-4-19(24)5-7-20/h4-9,14-15H,10-13H2,1-3H3. The van der Waals surface area contributed by atoms with Crippen molar-refractivity contribution in [1.29, 1.82) is 0 Å². The predicted octanol–water partition coefficient (Wildman–Crippen LogP) is 4.34. The minimum atomic E-state index is -3.49. The van der Waals surface area contributed by atoms with E-state index >= 15 is 0 Å². The van der Waals surface area contributed by atoms with E-state index in [2.05, 4.69) is 63.9 Å². The largest absolute Gasteiger partial charge is 0.352 e. The molecule has 1 aromatic heterocycles. The third-order valence-corrected chi connectivity index (χ3v) is 8.22. The van der Waals surface area contributed by atoms with Crippen LogP contribution in [0.5, 0.6) is 0 Å². The Balaban J connectivity index is 1.46. The van der Waals surface area contributed by atoms with Crippen molar-refractivity contribution in [2.45, 2.75) is 25.7 Å². The Morgan fingerprint density at radius 1 is 0.806 bits per heavy atom. The van der Waals surface area contributed by atoms with Gasteiger partial charge < -0.3 is 4.90 Å². The number of hydrogen-bond acceptors (Lipinski definition) is 5. The van der Waals surface area contributed by atoms with Crippen LogP contribution in [0.4, 0.5) is 5.82 Å².